The summed E-state index contributed by atoms with van der Waals surface area (Å²) in [4.78, 5) is 4.37. The number of nitrogens with zero attached hydrogens (tertiary/aromatic N) is 2. The molecule has 1 N–H and O–H groups in total. The molecular weight excluding hydrogens is 230 g/mol. The number of hydrogen-bond donors (Lipinski definition) is 1. The van der Waals surface area contributed by atoms with E-state index in [9.17, 15) is 0 Å². The van der Waals surface area contributed by atoms with Gasteiger partial charge in [0.05, 0.1) is 7.11 Å². The van der Waals surface area contributed by atoms with Gasteiger partial charge in [-0.05, 0) is 32.1 Å². The van der Waals surface area contributed by atoms with E-state index in [4.69, 9.17) is 9.26 Å². The number of nitrogens with one attached hydrogen (secondary N) is 1. The smallest absolute Gasteiger partial charge is 0.227 e. The molecule has 0 spiro atoms. The Labute approximate surface area is 106 Å². The Morgan fingerprint density at radius 3 is 3.06 bits per heavy atom. The van der Waals surface area contributed by atoms with E-state index >= 15 is 0 Å². The Morgan fingerprint density at radius 2 is 2.28 bits per heavy atom. The maximum absolute atomic E-state index is 5.21. The van der Waals surface area contributed by atoms with Gasteiger partial charge in [0.25, 0.3) is 0 Å². The van der Waals surface area contributed by atoms with Gasteiger partial charge in [-0.15, -0.1) is 0 Å². The number of methoxy groups -OCH3 is 1. The van der Waals surface area contributed by atoms with E-state index in [0.29, 0.717) is 11.7 Å². The summed E-state index contributed by atoms with van der Waals surface area (Å²) >= 11 is 0. The third-order valence-corrected chi connectivity index (χ3v) is 2.61. The molecule has 1 aromatic heterocycles. The minimum atomic E-state index is 0.605. The second-order valence-electron chi connectivity index (χ2n) is 3.95. The third-order valence-electron chi connectivity index (χ3n) is 2.61. The van der Waals surface area contributed by atoms with Gasteiger partial charge in [0.15, 0.2) is 0 Å². The summed E-state index contributed by atoms with van der Waals surface area (Å²) in [6.07, 6.45) is 1.77. The van der Waals surface area contributed by atoms with Crippen LogP contribution < -0.4 is 10.1 Å². The predicted molar refractivity (Wildman–Crippen MR) is 68.5 cm³/mol. The molecule has 0 aliphatic carbocycles. The zero-order chi connectivity index (χ0) is 12.8. The highest BCUT2D eigenvalue weighted by molar-refractivity contribution is 5.56. The zero-order valence-corrected chi connectivity index (χ0v) is 10.6. The van der Waals surface area contributed by atoms with E-state index in [1.807, 2.05) is 31.3 Å². The molecule has 0 saturated carbocycles. The Kier molecular flexibility index (Phi) is 4.30. The summed E-state index contributed by atoms with van der Waals surface area (Å²) in [6.45, 7) is 0.941. The van der Waals surface area contributed by atoms with E-state index in [0.717, 1.165) is 30.7 Å². The molecule has 18 heavy (non-hydrogen) atoms. The highest BCUT2D eigenvalue weighted by Crippen LogP contribution is 2.21. The molecule has 96 valence electrons. The van der Waals surface area contributed by atoms with Crippen molar-refractivity contribution in [2.45, 2.75) is 12.8 Å². The van der Waals surface area contributed by atoms with Crippen LogP contribution >= 0.6 is 0 Å². The molecule has 0 saturated heterocycles. The maximum Gasteiger partial charge on any atom is 0.227 e. The molecular formula is C13H17N3O2. The van der Waals surface area contributed by atoms with Gasteiger partial charge in [0, 0.05) is 12.0 Å². The number of aromatic nitrogens is 2. The summed E-state index contributed by atoms with van der Waals surface area (Å²) in [5.41, 5.74) is 0.901. The van der Waals surface area contributed by atoms with Crippen molar-refractivity contribution in [1.29, 1.82) is 0 Å². The highest BCUT2D eigenvalue weighted by atomic mass is 16.5. The number of rotatable bonds is 6. The average molecular weight is 247 g/mol. The van der Waals surface area contributed by atoms with Gasteiger partial charge < -0.3 is 14.6 Å². The molecule has 0 bridgehead atoms. The van der Waals surface area contributed by atoms with Crippen molar-refractivity contribution >= 4 is 0 Å². The lowest BCUT2D eigenvalue weighted by atomic mass is 10.2. The van der Waals surface area contributed by atoms with Crippen LogP contribution in [0.5, 0.6) is 5.75 Å². The van der Waals surface area contributed by atoms with Crippen molar-refractivity contribution in [3.63, 3.8) is 0 Å². The quantitative estimate of drug-likeness (QED) is 0.790. The SMILES string of the molecule is CNCCCc1nc(-c2cccc(OC)c2)no1. The molecule has 2 rings (SSSR count). The summed E-state index contributed by atoms with van der Waals surface area (Å²) in [5, 5.41) is 7.06. The number of benzene rings is 1. The minimum Gasteiger partial charge on any atom is -0.497 e. The van der Waals surface area contributed by atoms with Crippen molar-refractivity contribution in [1.82, 2.24) is 15.5 Å². The van der Waals surface area contributed by atoms with Crippen LogP contribution in [0.4, 0.5) is 0 Å². The second-order valence-corrected chi connectivity index (χ2v) is 3.95. The van der Waals surface area contributed by atoms with Crippen molar-refractivity contribution in [3.8, 4) is 17.1 Å². The highest BCUT2D eigenvalue weighted by Gasteiger charge is 2.08. The van der Waals surface area contributed by atoms with Crippen molar-refractivity contribution in [2.75, 3.05) is 20.7 Å². The Hall–Kier alpha value is -1.88. The zero-order valence-electron chi connectivity index (χ0n) is 10.6. The van der Waals surface area contributed by atoms with E-state index in [1.165, 1.54) is 0 Å². The molecule has 0 fully saturated rings. The van der Waals surface area contributed by atoms with Crippen LogP contribution in [0, 0.1) is 0 Å². The number of hydrogen-bond acceptors (Lipinski definition) is 5. The van der Waals surface area contributed by atoms with E-state index in [-0.39, 0.29) is 0 Å². The molecule has 0 aliphatic rings. The van der Waals surface area contributed by atoms with Crippen LogP contribution in [0.3, 0.4) is 0 Å². The van der Waals surface area contributed by atoms with Crippen LogP contribution in [0.15, 0.2) is 28.8 Å². The second kappa shape index (κ2) is 6.16. The molecule has 5 nitrogen and oxygen atoms in total. The normalized spacial score (nSPS) is 10.6. The van der Waals surface area contributed by atoms with Crippen LogP contribution in [-0.4, -0.2) is 30.8 Å². The molecule has 0 amide bonds. The first-order valence-electron chi connectivity index (χ1n) is 5.95. The van der Waals surface area contributed by atoms with Gasteiger partial charge in [0.1, 0.15) is 5.75 Å². The fraction of sp³-hybridized carbons (Fsp3) is 0.385. The van der Waals surface area contributed by atoms with Gasteiger partial charge in [-0.1, -0.05) is 17.3 Å². The van der Waals surface area contributed by atoms with Crippen LogP contribution in [0.25, 0.3) is 11.4 Å². The fourth-order valence-electron chi connectivity index (χ4n) is 1.65. The lowest BCUT2D eigenvalue weighted by molar-refractivity contribution is 0.375. The lowest BCUT2D eigenvalue weighted by Crippen LogP contribution is -2.08. The minimum absolute atomic E-state index is 0.605. The summed E-state index contributed by atoms with van der Waals surface area (Å²) in [5.74, 6) is 2.06. The molecule has 1 heterocycles. The standard InChI is InChI=1S/C13H17N3O2/c1-14-8-4-7-12-15-13(16-18-12)10-5-3-6-11(9-10)17-2/h3,5-6,9,14H,4,7-8H2,1-2H3. The Balaban J connectivity index is 2.08. The first-order valence-corrected chi connectivity index (χ1v) is 5.95. The first kappa shape index (κ1) is 12.6. The molecule has 0 atom stereocenters. The predicted octanol–water partition coefficient (Wildman–Crippen LogP) is 1.90. The van der Waals surface area contributed by atoms with Gasteiger partial charge >= 0.3 is 0 Å². The van der Waals surface area contributed by atoms with Crippen molar-refractivity contribution < 1.29 is 9.26 Å². The lowest BCUT2D eigenvalue weighted by Gasteiger charge is -1.99. The largest absolute Gasteiger partial charge is 0.497 e. The Bertz CT molecular complexity index is 496. The average Bonchev–Trinajstić information content (AvgIpc) is 2.88. The van der Waals surface area contributed by atoms with Crippen molar-refractivity contribution in [2.24, 2.45) is 0 Å². The third kappa shape index (κ3) is 3.07. The number of ether oxygens (including phenoxy) is 1. The topological polar surface area (TPSA) is 60.2 Å². The maximum atomic E-state index is 5.21. The van der Waals surface area contributed by atoms with E-state index in [1.54, 1.807) is 7.11 Å². The van der Waals surface area contributed by atoms with Gasteiger partial charge in [-0.25, -0.2) is 0 Å². The van der Waals surface area contributed by atoms with Crippen LogP contribution in [0.1, 0.15) is 12.3 Å². The van der Waals surface area contributed by atoms with Crippen LogP contribution in [-0.2, 0) is 6.42 Å². The summed E-state index contributed by atoms with van der Waals surface area (Å²) in [7, 11) is 3.56. The van der Waals surface area contributed by atoms with Crippen LogP contribution in [0.2, 0.25) is 0 Å². The monoisotopic (exact) mass is 247 g/mol. The van der Waals surface area contributed by atoms with E-state index < -0.39 is 0 Å². The van der Waals surface area contributed by atoms with Gasteiger partial charge in [-0.3, -0.25) is 0 Å². The molecule has 5 heteroatoms. The number of aryl methyl sites for hydroxylation is 1. The molecule has 1 aromatic carbocycles. The molecule has 2 aromatic rings. The first-order chi connectivity index (χ1) is 8.83. The molecule has 0 radical (unpaired) electrons. The van der Waals surface area contributed by atoms with Crippen molar-refractivity contribution in [3.05, 3.63) is 30.2 Å². The summed E-state index contributed by atoms with van der Waals surface area (Å²) in [6, 6.07) is 7.62. The summed E-state index contributed by atoms with van der Waals surface area (Å²) < 4.78 is 10.4. The van der Waals surface area contributed by atoms with Gasteiger partial charge in [-0.2, -0.15) is 4.98 Å². The van der Waals surface area contributed by atoms with Gasteiger partial charge in [0.2, 0.25) is 11.7 Å². The molecule has 0 aliphatic heterocycles. The molecule has 0 unspecified atom stereocenters. The fourth-order valence-corrected chi connectivity index (χ4v) is 1.65. The Morgan fingerprint density at radius 1 is 1.39 bits per heavy atom. The van der Waals surface area contributed by atoms with E-state index in [2.05, 4.69) is 15.5 Å².